The van der Waals surface area contributed by atoms with Crippen molar-refractivity contribution in [1.82, 2.24) is 4.90 Å². The van der Waals surface area contributed by atoms with Crippen LogP contribution < -0.4 is 4.90 Å². The summed E-state index contributed by atoms with van der Waals surface area (Å²) in [6.07, 6.45) is 1.21. The molecular formula is C15H25BrN2. The third kappa shape index (κ3) is 4.62. The summed E-state index contributed by atoms with van der Waals surface area (Å²) in [5.41, 5.74) is 4.09. The van der Waals surface area contributed by atoms with Crippen molar-refractivity contribution in [3.8, 4) is 0 Å². The van der Waals surface area contributed by atoms with E-state index >= 15 is 0 Å². The summed E-state index contributed by atoms with van der Waals surface area (Å²) >= 11 is 3.53. The number of benzene rings is 1. The number of hydrogen-bond donors (Lipinski definition) is 0. The number of halogens is 1. The van der Waals surface area contributed by atoms with Gasteiger partial charge in [0.05, 0.1) is 0 Å². The first-order chi connectivity index (χ1) is 8.58. The zero-order chi connectivity index (χ0) is 13.5. The Morgan fingerprint density at radius 2 is 1.89 bits per heavy atom. The molecule has 0 aromatic heterocycles. The second-order valence-corrected chi connectivity index (χ2v) is 5.54. The molecule has 0 spiro atoms. The molecule has 0 amide bonds. The maximum Gasteiger partial charge on any atom is 0.0368 e. The van der Waals surface area contributed by atoms with Gasteiger partial charge in [-0.05, 0) is 64.2 Å². The molecule has 2 nitrogen and oxygen atoms in total. The van der Waals surface area contributed by atoms with E-state index in [2.05, 4.69) is 71.9 Å². The Labute approximate surface area is 120 Å². The number of nitrogens with zero attached hydrogens (tertiary/aromatic N) is 2. The molecule has 102 valence electrons. The molecule has 3 heteroatoms. The molecule has 0 aliphatic carbocycles. The van der Waals surface area contributed by atoms with E-state index in [0.717, 1.165) is 25.0 Å². The minimum absolute atomic E-state index is 0.936. The van der Waals surface area contributed by atoms with Crippen LogP contribution in [-0.2, 0) is 5.33 Å². The Bertz CT molecular complexity index is 364. The maximum atomic E-state index is 3.53. The van der Waals surface area contributed by atoms with Crippen molar-refractivity contribution < 1.29 is 0 Å². The van der Waals surface area contributed by atoms with Crippen molar-refractivity contribution >= 4 is 21.6 Å². The zero-order valence-electron chi connectivity index (χ0n) is 12.0. The highest BCUT2D eigenvalue weighted by Crippen LogP contribution is 2.21. The van der Waals surface area contributed by atoms with Crippen LogP contribution in [0.2, 0.25) is 0 Å². The molecule has 0 saturated heterocycles. The summed E-state index contributed by atoms with van der Waals surface area (Å²) in [7, 11) is 4.26. The molecule has 0 saturated carbocycles. The molecule has 0 radical (unpaired) electrons. The van der Waals surface area contributed by atoms with Gasteiger partial charge in [0.1, 0.15) is 0 Å². The van der Waals surface area contributed by atoms with E-state index in [4.69, 9.17) is 0 Å². The van der Waals surface area contributed by atoms with Gasteiger partial charge in [0.2, 0.25) is 0 Å². The number of aryl methyl sites for hydroxylation is 1. The molecule has 0 bridgehead atoms. The van der Waals surface area contributed by atoms with E-state index in [-0.39, 0.29) is 0 Å². The first kappa shape index (κ1) is 15.5. The highest BCUT2D eigenvalue weighted by Gasteiger charge is 2.06. The summed E-state index contributed by atoms with van der Waals surface area (Å²) in [5.74, 6) is 0. The molecule has 0 fully saturated rings. The van der Waals surface area contributed by atoms with Crippen LogP contribution in [0.3, 0.4) is 0 Å². The molecule has 0 unspecified atom stereocenters. The quantitative estimate of drug-likeness (QED) is 0.709. The van der Waals surface area contributed by atoms with Gasteiger partial charge in [-0.15, -0.1) is 0 Å². The third-order valence-corrected chi connectivity index (χ3v) is 3.85. The fourth-order valence-corrected chi connectivity index (χ4v) is 2.70. The molecule has 0 atom stereocenters. The van der Waals surface area contributed by atoms with Crippen LogP contribution >= 0.6 is 15.9 Å². The summed E-state index contributed by atoms with van der Waals surface area (Å²) < 4.78 is 0. The normalized spacial score (nSPS) is 11.0. The fourth-order valence-electron chi connectivity index (χ4n) is 2.07. The van der Waals surface area contributed by atoms with E-state index in [1.165, 1.54) is 23.2 Å². The van der Waals surface area contributed by atoms with Crippen molar-refractivity contribution in [3.63, 3.8) is 0 Å². The van der Waals surface area contributed by atoms with Crippen LogP contribution in [0, 0.1) is 6.92 Å². The molecular weight excluding hydrogens is 288 g/mol. The molecule has 0 heterocycles. The summed E-state index contributed by atoms with van der Waals surface area (Å²) in [6, 6.07) is 6.77. The van der Waals surface area contributed by atoms with E-state index in [1.54, 1.807) is 0 Å². The molecule has 1 aromatic carbocycles. The number of alkyl halides is 1. The largest absolute Gasteiger partial charge is 0.372 e. The van der Waals surface area contributed by atoms with Gasteiger partial charge in [0.15, 0.2) is 0 Å². The Balaban J connectivity index is 2.67. The van der Waals surface area contributed by atoms with E-state index in [9.17, 15) is 0 Å². The molecule has 18 heavy (non-hydrogen) atoms. The lowest BCUT2D eigenvalue weighted by Gasteiger charge is -2.24. The van der Waals surface area contributed by atoms with Gasteiger partial charge >= 0.3 is 0 Å². The van der Waals surface area contributed by atoms with Gasteiger partial charge in [-0.2, -0.15) is 0 Å². The minimum Gasteiger partial charge on any atom is -0.372 e. The van der Waals surface area contributed by atoms with Crippen LogP contribution in [0.15, 0.2) is 18.2 Å². The molecule has 1 rings (SSSR count). The van der Waals surface area contributed by atoms with E-state index in [0.29, 0.717) is 0 Å². The lowest BCUT2D eigenvalue weighted by atomic mass is 10.1. The van der Waals surface area contributed by atoms with Gasteiger partial charge < -0.3 is 9.80 Å². The van der Waals surface area contributed by atoms with Crippen LogP contribution in [0.4, 0.5) is 5.69 Å². The summed E-state index contributed by atoms with van der Waals surface area (Å²) in [6.45, 7) is 7.76. The summed E-state index contributed by atoms with van der Waals surface area (Å²) in [4.78, 5) is 4.70. The van der Waals surface area contributed by atoms with Crippen molar-refractivity contribution in [2.45, 2.75) is 25.6 Å². The van der Waals surface area contributed by atoms with Crippen LogP contribution in [-0.4, -0.2) is 38.6 Å². The maximum absolute atomic E-state index is 3.53. The lowest BCUT2D eigenvalue weighted by molar-refractivity contribution is 0.400. The Kier molecular flexibility index (Phi) is 6.72. The third-order valence-electron chi connectivity index (χ3n) is 3.25. The molecule has 0 aliphatic heterocycles. The standard InChI is InChI=1S/C15H25BrN2/c1-5-18(10-6-9-17(3)4)15-8-7-14(12-16)13(2)11-15/h7-8,11H,5-6,9-10,12H2,1-4H3. The van der Waals surface area contributed by atoms with Crippen molar-refractivity contribution in [1.29, 1.82) is 0 Å². The van der Waals surface area contributed by atoms with Crippen molar-refractivity contribution in [2.75, 3.05) is 38.6 Å². The number of hydrogen-bond acceptors (Lipinski definition) is 2. The number of anilines is 1. The zero-order valence-corrected chi connectivity index (χ0v) is 13.6. The average Bonchev–Trinajstić information content (AvgIpc) is 2.34. The second kappa shape index (κ2) is 7.80. The summed E-state index contributed by atoms with van der Waals surface area (Å²) in [5, 5.41) is 0.936. The SMILES string of the molecule is CCN(CCCN(C)C)c1ccc(CBr)c(C)c1. The van der Waals surface area contributed by atoms with E-state index in [1.807, 2.05) is 0 Å². The highest BCUT2D eigenvalue weighted by atomic mass is 79.9. The molecule has 0 N–H and O–H groups in total. The monoisotopic (exact) mass is 312 g/mol. The topological polar surface area (TPSA) is 6.48 Å². The first-order valence-electron chi connectivity index (χ1n) is 6.63. The average molecular weight is 313 g/mol. The number of rotatable bonds is 7. The van der Waals surface area contributed by atoms with E-state index < -0.39 is 0 Å². The fraction of sp³-hybridized carbons (Fsp3) is 0.600. The van der Waals surface area contributed by atoms with Crippen LogP contribution in [0.1, 0.15) is 24.5 Å². The smallest absolute Gasteiger partial charge is 0.0368 e. The Morgan fingerprint density at radius 1 is 1.17 bits per heavy atom. The minimum atomic E-state index is 0.936. The predicted octanol–water partition coefficient (Wildman–Crippen LogP) is 3.67. The second-order valence-electron chi connectivity index (χ2n) is 4.98. The van der Waals surface area contributed by atoms with Gasteiger partial charge in [-0.3, -0.25) is 0 Å². The molecule has 1 aromatic rings. The van der Waals surface area contributed by atoms with Gasteiger partial charge in [-0.1, -0.05) is 22.0 Å². The first-order valence-corrected chi connectivity index (χ1v) is 7.75. The Morgan fingerprint density at radius 3 is 2.39 bits per heavy atom. The van der Waals surface area contributed by atoms with Crippen molar-refractivity contribution in [3.05, 3.63) is 29.3 Å². The highest BCUT2D eigenvalue weighted by molar-refractivity contribution is 9.08. The Hall–Kier alpha value is -0.540. The van der Waals surface area contributed by atoms with Crippen LogP contribution in [0.25, 0.3) is 0 Å². The predicted molar refractivity (Wildman–Crippen MR) is 84.9 cm³/mol. The molecule has 0 aliphatic rings. The van der Waals surface area contributed by atoms with Gasteiger partial charge in [0, 0.05) is 24.1 Å². The van der Waals surface area contributed by atoms with Gasteiger partial charge in [0.25, 0.3) is 0 Å². The van der Waals surface area contributed by atoms with Gasteiger partial charge in [-0.25, -0.2) is 0 Å². The van der Waals surface area contributed by atoms with Crippen LogP contribution in [0.5, 0.6) is 0 Å². The lowest BCUT2D eigenvalue weighted by Crippen LogP contribution is -2.27. The van der Waals surface area contributed by atoms with Crippen molar-refractivity contribution in [2.24, 2.45) is 0 Å².